The van der Waals surface area contributed by atoms with Gasteiger partial charge in [0.25, 0.3) is 0 Å². The molecule has 1 saturated carbocycles. The molecule has 0 aromatic heterocycles. The molecule has 2 aliphatic rings. The highest BCUT2D eigenvalue weighted by atomic mass is 16.2. The molecule has 0 spiro atoms. The predicted octanol–water partition coefficient (Wildman–Crippen LogP) is 2.69. The van der Waals surface area contributed by atoms with Gasteiger partial charge in [0, 0.05) is 11.7 Å². The fourth-order valence-electron chi connectivity index (χ4n) is 4.24. The van der Waals surface area contributed by atoms with E-state index in [1.54, 1.807) is 0 Å². The molecule has 2 N–H and O–H groups in total. The summed E-state index contributed by atoms with van der Waals surface area (Å²) in [5, 5.41) is 0. The number of likely N-dealkylation sites (tertiary alicyclic amines) is 1. The van der Waals surface area contributed by atoms with Crippen LogP contribution in [0.1, 0.15) is 51.4 Å². The highest BCUT2D eigenvalue weighted by Crippen LogP contribution is 2.28. The number of piperidine rings is 1. The lowest BCUT2D eigenvalue weighted by molar-refractivity contribution is -0.127. The number of para-hydroxylation sites is 1. The summed E-state index contributed by atoms with van der Waals surface area (Å²) in [5.41, 5.74) is 6.52. The van der Waals surface area contributed by atoms with Crippen molar-refractivity contribution in [1.29, 1.82) is 0 Å². The molecule has 2 amide bonds. The van der Waals surface area contributed by atoms with Gasteiger partial charge in [-0.25, -0.2) is 0 Å². The maximum atomic E-state index is 13.2. The van der Waals surface area contributed by atoms with Gasteiger partial charge in [0.1, 0.15) is 0 Å². The first kappa shape index (κ1) is 17.9. The number of nitrogens with two attached hydrogens (primary N) is 1. The van der Waals surface area contributed by atoms with E-state index in [1.807, 2.05) is 40.1 Å². The molecule has 0 bridgehead atoms. The van der Waals surface area contributed by atoms with Crippen molar-refractivity contribution in [3.8, 4) is 0 Å². The zero-order valence-corrected chi connectivity index (χ0v) is 14.9. The van der Waals surface area contributed by atoms with E-state index >= 15 is 0 Å². The van der Waals surface area contributed by atoms with Crippen molar-refractivity contribution in [1.82, 2.24) is 4.90 Å². The van der Waals surface area contributed by atoms with Gasteiger partial charge in [-0.2, -0.15) is 0 Å². The molecule has 2 fully saturated rings. The molecule has 0 radical (unpaired) electrons. The topological polar surface area (TPSA) is 66.6 Å². The standard InChI is InChI=1S/C20H29N3O2/c21-20(25)18-13-7-8-14-22(18)15-19(24)23(16-9-3-1-4-10-16)17-11-5-2-6-12-17/h1,3-4,9-10,17-18H,2,5-8,11-15H2,(H2,21,25)/t18-/m0/s1. The van der Waals surface area contributed by atoms with Gasteiger partial charge in [-0.1, -0.05) is 43.9 Å². The summed E-state index contributed by atoms with van der Waals surface area (Å²) in [6.07, 6.45) is 8.50. The maximum Gasteiger partial charge on any atom is 0.241 e. The van der Waals surface area contributed by atoms with Crippen LogP contribution in [0.15, 0.2) is 30.3 Å². The van der Waals surface area contributed by atoms with Gasteiger partial charge >= 0.3 is 0 Å². The summed E-state index contributed by atoms with van der Waals surface area (Å²) in [6.45, 7) is 1.05. The SMILES string of the molecule is NC(=O)[C@@H]1CCCCN1CC(=O)N(c1ccccc1)C1CCCCC1. The van der Waals surface area contributed by atoms with E-state index in [-0.39, 0.29) is 30.4 Å². The average molecular weight is 343 g/mol. The molecule has 1 aromatic carbocycles. The Kier molecular flexibility index (Phi) is 6.08. The first-order valence-electron chi connectivity index (χ1n) is 9.57. The van der Waals surface area contributed by atoms with E-state index in [0.29, 0.717) is 0 Å². The Hall–Kier alpha value is -1.88. The van der Waals surface area contributed by atoms with Gasteiger partial charge in [0.15, 0.2) is 0 Å². The summed E-state index contributed by atoms with van der Waals surface area (Å²) < 4.78 is 0. The molecule has 0 unspecified atom stereocenters. The minimum atomic E-state index is -0.309. The van der Waals surface area contributed by atoms with Crippen LogP contribution < -0.4 is 10.6 Å². The second kappa shape index (κ2) is 8.48. The number of amides is 2. The quantitative estimate of drug-likeness (QED) is 0.894. The second-order valence-corrected chi connectivity index (χ2v) is 7.28. The molecule has 1 heterocycles. The van der Waals surface area contributed by atoms with Gasteiger partial charge in [0.2, 0.25) is 11.8 Å². The number of hydrogen-bond donors (Lipinski definition) is 1. The summed E-state index contributed by atoms with van der Waals surface area (Å²) in [5.74, 6) is -0.220. The lowest BCUT2D eigenvalue weighted by Gasteiger charge is -2.38. The summed E-state index contributed by atoms with van der Waals surface area (Å²) in [7, 11) is 0. The van der Waals surface area contributed by atoms with Crippen molar-refractivity contribution >= 4 is 17.5 Å². The lowest BCUT2D eigenvalue weighted by Crippen LogP contribution is -2.53. The van der Waals surface area contributed by atoms with Crippen LogP contribution in [-0.2, 0) is 9.59 Å². The van der Waals surface area contributed by atoms with Crippen LogP contribution in [0.5, 0.6) is 0 Å². The van der Waals surface area contributed by atoms with Crippen molar-refractivity contribution in [3.63, 3.8) is 0 Å². The Morgan fingerprint density at radius 2 is 1.68 bits per heavy atom. The molecular formula is C20H29N3O2. The normalized spacial score (nSPS) is 22.5. The third kappa shape index (κ3) is 4.40. The molecule has 5 nitrogen and oxygen atoms in total. The van der Waals surface area contributed by atoms with Gasteiger partial charge in [-0.05, 0) is 44.4 Å². The number of hydrogen-bond acceptors (Lipinski definition) is 3. The van der Waals surface area contributed by atoms with Crippen LogP contribution in [0, 0.1) is 0 Å². The van der Waals surface area contributed by atoms with E-state index in [4.69, 9.17) is 5.73 Å². The monoisotopic (exact) mass is 343 g/mol. The fraction of sp³-hybridized carbons (Fsp3) is 0.600. The van der Waals surface area contributed by atoms with Crippen molar-refractivity contribution in [2.75, 3.05) is 18.0 Å². The first-order chi connectivity index (χ1) is 12.2. The van der Waals surface area contributed by atoms with E-state index in [2.05, 4.69) is 0 Å². The average Bonchev–Trinajstić information content (AvgIpc) is 2.64. The van der Waals surface area contributed by atoms with Gasteiger partial charge in [-0.15, -0.1) is 0 Å². The zero-order chi connectivity index (χ0) is 17.6. The Morgan fingerprint density at radius 1 is 1.00 bits per heavy atom. The minimum Gasteiger partial charge on any atom is -0.368 e. The molecule has 5 heteroatoms. The molecule has 1 aliphatic heterocycles. The van der Waals surface area contributed by atoms with E-state index in [9.17, 15) is 9.59 Å². The van der Waals surface area contributed by atoms with Crippen molar-refractivity contribution in [2.45, 2.75) is 63.5 Å². The van der Waals surface area contributed by atoms with Crippen LogP contribution in [0.2, 0.25) is 0 Å². The Balaban J connectivity index is 1.77. The molecule has 1 saturated heterocycles. The summed E-state index contributed by atoms with van der Waals surface area (Å²) >= 11 is 0. The van der Waals surface area contributed by atoms with Crippen molar-refractivity contribution < 1.29 is 9.59 Å². The van der Waals surface area contributed by atoms with Crippen LogP contribution >= 0.6 is 0 Å². The number of anilines is 1. The molecule has 1 aromatic rings. The third-order valence-electron chi connectivity index (χ3n) is 5.52. The Morgan fingerprint density at radius 3 is 2.36 bits per heavy atom. The number of primary amides is 1. The third-order valence-corrected chi connectivity index (χ3v) is 5.52. The number of carbonyl (C=O) groups is 2. The van der Waals surface area contributed by atoms with Crippen LogP contribution in [-0.4, -0.2) is 41.9 Å². The van der Waals surface area contributed by atoms with Crippen LogP contribution in [0.3, 0.4) is 0 Å². The van der Waals surface area contributed by atoms with E-state index < -0.39 is 0 Å². The van der Waals surface area contributed by atoms with Crippen LogP contribution in [0.4, 0.5) is 5.69 Å². The zero-order valence-electron chi connectivity index (χ0n) is 14.9. The molecule has 3 rings (SSSR count). The van der Waals surface area contributed by atoms with Gasteiger partial charge < -0.3 is 10.6 Å². The number of carbonyl (C=O) groups excluding carboxylic acids is 2. The highest BCUT2D eigenvalue weighted by molar-refractivity contribution is 5.95. The van der Waals surface area contributed by atoms with Crippen molar-refractivity contribution in [2.24, 2.45) is 5.73 Å². The molecular weight excluding hydrogens is 314 g/mol. The first-order valence-corrected chi connectivity index (χ1v) is 9.57. The lowest BCUT2D eigenvalue weighted by atomic mass is 9.93. The predicted molar refractivity (Wildman–Crippen MR) is 99.2 cm³/mol. The maximum absolute atomic E-state index is 13.2. The fourth-order valence-corrected chi connectivity index (χ4v) is 4.24. The molecule has 1 aliphatic carbocycles. The number of benzene rings is 1. The highest BCUT2D eigenvalue weighted by Gasteiger charge is 2.32. The molecule has 25 heavy (non-hydrogen) atoms. The van der Waals surface area contributed by atoms with Gasteiger partial charge in [0.05, 0.1) is 12.6 Å². The minimum absolute atomic E-state index is 0.0891. The summed E-state index contributed by atoms with van der Waals surface area (Å²) in [6, 6.07) is 9.91. The van der Waals surface area contributed by atoms with Gasteiger partial charge in [-0.3, -0.25) is 14.5 Å². The van der Waals surface area contributed by atoms with E-state index in [1.165, 1.54) is 19.3 Å². The van der Waals surface area contributed by atoms with Crippen molar-refractivity contribution in [3.05, 3.63) is 30.3 Å². The second-order valence-electron chi connectivity index (χ2n) is 7.28. The summed E-state index contributed by atoms with van der Waals surface area (Å²) in [4.78, 5) is 28.9. The number of rotatable bonds is 5. The smallest absolute Gasteiger partial charge is 0.241 e. The number of nitrogens with zero attached hydrogens (tertiary/aromatic N) is 2. The molecule has 1 atom stereocenters. The Labute approximate surface area is 150 Å². The molecule has 136 valence electrons. The largest absolute Gasteiger partial charge is 0.368 e. The van der Waals surface area contributed by atoms with Crippen LogP contribution in [0.25, 0.3) is 0 Å². The van der Waals surface area contributed by atoms with E-state index in [0.717, 1.165) is 44.3 Å². The Bertz CT molecular complexity index is 584.